The molecule has 4 aromatic rings. The summed E-state index contributed by atoms with van der Waals surface area (Å²) in [6.07, 6.45) is 3.38. The number of hydrogen-bond acceptors (Lipinski definition) is 12. The number of pyridine rings is 1. The number of morpholine rings is 1. The summed E-state index contributed by atoms with van der Waals surface area (Å²) in [5, 5.41) is 18.3. The van der Waals surface area contributed by atoms with E-state index in [-0.39, 0.29) is 61.3 Å². The van der Waals surface area contributed by atoms with E-state index in [0.717, 1.165) is 55.2 Å². The first-order valence-electron chi connectivity index (χ1n) is 22.4. The largest absolute Gasteiger partial charge is 0.464 e. The van der Waals surface area contributed by atoms with E-state index < -0.39 is 23.5 Å². The number of ether oxygens (including phenoxy) is 3. The zero-order valence-corrected chi connectivity index (χ0v) is 38.3. The van der Waals surface area contributed by atoms with E-state index >= 15 is 0 Å². The number of esters is 1. The topological polar surface area (TPSA) is 160 Å². The van der Waals surface area contributed by atoms with Crippen molar-refractivity contribution in [3.8, 4) is 34.4 Å². The Bertz CT molecular complexity index is 2410. The minimum atomic E-state index is -0.860. The number of rotatable bonds is 8. The molecule has 336 valence electrons. The first-order chi connectivity index (χ1) is 30.3. The van der Waals surface area contributed by atoms with Crippen molar-refractivity contribution in [3.05, 3.63) is 57.7 Å². The van der Waals surface area contributed by atoms with Crippen LogP contribution < -0.4 is 10.7 Å². The van der Waals surface area contributed by atoms with Gasteiger partial charge in [0, 0.05) is 83.7 Å². The second-order valence-corrected chi connectivity index (χ2v) is 19.4. The third-order valence-corrected chi connectivity index (χ3v) is 14.3. The van der Waals surface area contributed by atoms with Crippen molar-refractivity contribution in [1.82, 2.24) is 35.2 Å². The van der Waals surface area contributed by atoms with Gasteiger partial charge in [-0.2, -0.15) is 0 Å². The van der Waals surface area contributed by atoms with E-state index in [9.17, 15) is 19.5 Å². The Morgan fingerprint density at radius 1 is 1.19 bits per heavy atom. The number of hydrogen-bond donors (Lipinski definition) is 3. The van der Waals surface area contributed by atoms with Crippen molar-refractivity contribution in [2.75, 3.05) is 53.2 Å². The minimum absolute atomic E-state index is 0.0126. The highest BCUT2D eigenvalue weighted by atomic mass is 32.1. The number of methoxy groups -OCH3 is 1. The summed E-state index contributed by atoms with van der Waals surface area (Å²) in [6, 6.07) is 6.88. The van der Waals surface area contributed by atoms with Crippen LogP contribution in [0, 0.1) is 35.0 Å². The van der Waals surface area contributed by atoms with Crippen LogP contribution in [-0.2, 0) is 48.0 Å². The van der Waals surface area contributed by atoms with Gasteiger partial charge in [-0.25, -0.2) is 10.4 Å². The Morgan fingerprint density at radius 3 is 2.75 bits per heavy atom. The number of aryl methyl sites for hydroxylation is 1. The molecule has 1 saturated carbocycles. The van der Waals surface area contributed by atoms with Crippen molar-refractivity contribution in [2.45, 2.75) is 98.0 Å². The van der Waals surface area contributed by atoms with Gasteiger partial charge in [0.05, 0.1) is 67.2 Å². The number of nitrogens with zero attached hydrogens (tertiary/aromatic N) is 5. The van der Waals surface area contributed by atoms with Gasteiger partial charge >= 0.3 is 5.97 Å². The number of thiazole rings is 1. The number of aliphatic hydroxyl groups is 1. The number of carbonyl (C=O) groups is 3. The van der Waals surface area contributed by atoms with Crippen molar-refractivity contribution in [3.63, 3.8) is 0 Å². The molecule has 0 spiro atoms. The molecule has 14 nitrogen and oxygen atoms in total. The molecule has 1 aromatic carbocycles. The van der Waals surface area contributed by atoms with E-state index in [4.69, 9.17) is 24.2 Å². The molecule has 2 saturated heterocycles. The summed E-state index contributed by atoms with van der Waals surface area (Å²) in [5.74, 6) is 6.22. The van der Waals surface area contributed by atoms with Crippen LogP contribution in [0.25, 0.3) is 33.4 Å². The van der Waals surface area contributed by atoms with Gasteiger partial charge in [-0.3, -0.25) is 29.3 Å². The molecule has 15 heteroatoms. The lowest BCUT2D eigenvalue weighted by atomic mass is 9.84. The molecule has 3 N–H and O–H groups in total. The van der Waals surface area contributed by atoms with Crippen LogP contribution in [0.5, 0.6) is 0 Å². The van der Waals surface area contributed by atoms with Gasteiger partial charge < -0.3 is 29.2 Å². The standard InChI is InChI=1S/C48H61N7O7S/c1-8-54-40-14-13-32-20-34(40)36(44(54)35-19-31(23-49-43(35)30(4)60-7)11-9-15-53-17-18-61-25-33(53)24-56)22-48(5,6)27-62-47(59)37-12-10-16-55(52-37)46(58)38(21-41-50-39(32)26-63-41)51-45(57)42-28(2)29(42)3/h13-14,19-20,23,26,28-30,33,37-38,42,52,56H,8,10,12,15-18,21-22,24-25,27H2,1-7H3,(H,51,57)/t28-,29+,30-,33-,37-,38-,42?/m0/s1. The van der Waals surface area contributed by atoms with Crippen LogP contribution in [0.4, 0.5) is 0 Å². The van der Waals surface area contributed by atoms with Crippen LogP contribution in [0.15, 0.2) is 35.8 Å². The maximum absolute atomic E-state index is 14.2. The molecule has 8 rings (SSSR count). The number of cyclic esters (lactones) is 1. The number of fused-ring (bicyclic) bond motifs is 6. The van der Waals surface area contributed by atoms with Gasteiger partial charge in [0.2, 0.25) is 5.91 Å². The van der Waals surface area contributed by atoms with Crippen LogP contribution in [0.1, 0.15) is 82.3 Å². The number of amides is 2. The normalized spacial score (nSPS) is 25.7. The van der Waals surface area contributed by atoms with Crippen molar-refractivity contribution in [2.24, 2.45) is 23.2 Å². The molecule has 0 radical (unpaired) electrons. The van der Waals surface area contributed by atoms with Crippen LogP contribution >= 0.6 is 11.3 Å². The molecule has 4 aliphatic rings. The molecule has 7 atom stereocenters. The second-order valence-electron chi connectivity index (χ2n) is 18.4. The molecule has 63 heavy (non-hydrogen) atoms. The van der Waals surface area contributed by atoms with E-state index in [2.05, 4.69) is 90.9 Å². The highest BCUT2D eigenvalue weighted by molar-refractivity contribution is 7.10. The van der Waals surface area contributed by atoms with Crippen molar-refractivity contribution >= 4 is 40.0 Å². The molecular weight excluding hydrogens is 819 g/mol. The van der Waals surface area contributed by atoms with Gasteiger partial charge in [-0.1, -0.05) is 45.6 Å². The maximum Gasteiger partial charge on any atom is 0.324 e. The lowest BCUT2D eigenvalue weighted by Gasteiger charge is -2.35. The summed E-state index contributed by atoms with van der Waals surface area (Å²) in [6.45, 7) is 16.0. The van der Waals surface area contributed by atoms with Gasteiger partial charge in [0.15, 0.2) is 0 Å². The minimum Gasteiger partial charge on any atom is -0.464 e. The summed E-state index contributed by atoms with van der Waals surface area (Å²) in [5.41, 5.74) is 9.95. The van der Waals surface area contributed by atoms with E-state index in [1.165, 1.54) is 16.3 Å². The number of carbonyl (C=O) groups excluding carboxylic acids is 3. The number of nitrogens with one attached hydrogen (secondary N) is 2. The fourth-order valence-electron chi connectivity index (χ4n) is 9.40. The molecule has 3 fully saturated rings. The zero-order chi connectivity index (χ0) is 44.6. The van der Waals surface area contributed by atoms with Gasteiger partial charge in [-0.05, 0) is 68.7 Å². The van der Waals surface area contributed by atoms with Crippen molar-refractivity contribution in [1.29, 1.82) is 0 Å². The van der Waals surface area contributed by atoms with Crippen molar-refractivity contribution < 1.29 is 33.7 Å². The first-order valence-corrected chi connectivity index (χ1v) is 23.3. The number of aliphatic hydroxyl groups excluding tert-OH is 1. The lowest BCUT2D eigenvalue weighted by molar-refractivity contribution is -0.155. The lowest BCUT2D eigenvalue weighted by Crippen LogP contribution is -2.60. The average Bonchev–Trinajstić information content (AvgIpc) is 3.55. The predicted octanol–water partition coefficient (Wildman–Crippen LogP) is 5.15. The monoisotopic (exact) mass is 879 g/mol. The molecule has 2 amide bonds. The molecule has 6 bridgehead atoms. The van der Waals surface area contributed by atoms with Gasteiger partial charge in [0.25, 0.3) is 5.91 Å². The summed E-state index contributed by atoms with van der Waals surface area (Å²) in [7, 11) is 1.69. The fraction of sp³-hybridized carbons (Fsp3) is 0.562. The molecular formula is C48H61N7O7S. The van der Waals surface area contributed by atoms with Gasteiger partial charge in [-0.15, -0.1) is 11.3 Å². The van der Waals surface area contributed by atoms with E-state index in [1.807, 2.05) is 12.3 Å². The molecule has 1 unspecified atom stereocenters. The van der Waals surface area contributed by atoms with Crippen LogP contribution in [-0.4, -0.2) is 119 Å². The Morgan fingerprint density at radius 2 is 2.00 bits per heavy atom. The summed E-state index contributed by atoms with van der Waals surface area (Å²) < 4.78 is 20.0. The van der Waals surface area contributed by atoms with E-state index in [0.29, 0.717) is 58.7 Å². The third kappa shape index (κ3) is 9.44. The van der Waals surface area contributed by atoms with Gasteiger partial charge in [0.1, 0.15) is 12.1 Å². The average molecular weight is 880 g/mol. The second kappa shape index (κ2) is 18.8. The SMILES string of the molecule is CCn1c(-c2cc(C#CCN3CCOC[C@@H]3CO)cnc2[C@H](C)OC)c2c3cc(ccc31)-c1csc(n1)C[C@H](NC(=O)C1[C@@H](C)[C@H]1C)C(=O)N1CCC[C@H](N1)C(=O)OCC(C)(C)C2. The Kier molecular flexibility index (Phi) is 13.4. The molecule has 3 aliphatic heterocycles. The molecule has 1 aliphatic carbocycles. The predicted molar refractivity (Wildman–Crippen MR) is 241 cm³/mol. The third-order valence-electron chi connectivity index (χ3n) is 13.4. The Hall–Kier alpha value is -4.69. The van der Waals surface area contributed by atoms with Crippen LogP contribution in [0.2, 0.25) is 0 Å². The highest BCUT2D eigenvalue weighted by Gasteiger charge is 2.49. The summed E-state index contributed by atoms with van der Waals surface area (Å²) >= 11 is 1.47. The van der Waals surface area contributed by atoms with Crippen LogP contribution in [0.3, 0.4) is 0 Å². The smallest absolute Gasteiger partial charge is 0.324 e. The molecule has 3 aromatic heterocycles. The maximum atomic E-state index is 14.2. The number of benzene rings is 1. The highest BCUT2D eigenvalue weighted by Crippen LogP contribution is 2.46. The zero-order valence-electron chi connectivity index (χ0n) is 37.5. The van der Waals surface area contributed by atoms with E-state index in [1.54, 1.807) is 13.3 Å². The Labute approximate surface area is 374 Å². The quantitative estimate of drug-likeness (QED) is 0.159. The number of aromatic nitrogens is 3. The fourth-order valence-corrected chi connectivity index (χ4v) is 10.2. The molecule has 6 heterocycles. The summed E-state index contributed by atoms with van der Waals surface area (Å²) in [4.78, 5) is 53.8. The first kappa shape index (κ1) is 44.9. The Balaban J connectivity index is 1.23. The number of hydrazine groups is 1.